The van der Waals surface area contributed by atoms with Crippen LogP contribution in [0, 0.1) is 45.9 Å². The van der Waals surface area contributed by atoms with E-state index in [1.54, 1.807) is 0 Å². The van der Waals surface area contributed by atoms with Crippen LogP contribution in [-0.4, -0.2) is 0 Å². The van der Waals surface area contributed by atoms with Gasteiger partial charge in [-0.3, -0.25) is 0 Å². The molecule has 0 amide bonds. The molecule has 0 N–H and O–H groups in total. The maximum absolute atomic E-state index is 9.14. The first kappa shape index (κ1) is 13.4. The molecular formula is C18H19N. The van der Waals surface area contributed by atoms with Crippen LogP contribution in [0.4, 0.5) is 0 Å². The van der Waals surface area contributed by atoms with Crippen molar-refractivity contribution in [2.75, 3.05) is 0 Å². The van der Waals surface area contributed by atoms with E-state index in [0.29, 0.717) is 0 Å². The highest BCUT2D eigenvalue weighted by Crippen LogP contribution is 2.28. The van der Waals surface area contributed by atoms with Crippen molar-refractivity contribution in [2.24, 2.45) is 0 Å². The zero-order valence-electron chi connectivity index (χ0n) is 12.3. The second-order valence-corrected chi connectivity index (χ2v) is 5.33. The molecule has 2 aromatic carbocycles. The monoisotopic (exact) mass is 249 g/mol. The third kappa shape index (κ3) is 2.39. The number of hydrogen-bond acceptors (Lipinski definition) is 1. The van der Waals surface area contributed by atoms with Crippen molar-refractivity contribution in [3.8, 4) is 17.2 Å². The fraction of sp³-hybridized carbons (Fsp3) is 0.278. The lowest BCUT2D eigenvalue weighted by molar-refractivity contribution is 1.26. The second-order valence-electron chi connectivity index (χ2n) is 5.33. The number of benzene rings is 2. The van der Waals surface area contributed by atoms with Crippen LogP contribution in [0.25, 0.3) is 11.1 Å². The summed E-state index contributed by atoms with van der Waals surface area (Å²) in [5, 5.41) is 9.14. The average molecular weight is 249 g/mol. The van der Waals surface area contributed by atoms with Gasteiger partial charge in [-0.2, -0.15) is 5.26 Å². The fourth-order valence-corrected chi connectivity index (χ4v) is 2.51. The first-order valence-electron chi connectivity index (χ1n) is 6.53. The highest BCUT2D eigenvalue weighted by Gasteiger charge is 2.08. The molecule has 2 rings (SSSR count). The highest BCUT2D eigenvalue weighted by molar-refractivity contribution is 5.69. The van der Waals surface area contributed by atoms with E-state index in [2.05, 4.69) is 51.1 Å². The quantitative estimate of drug-likeness (QED) is 0.714. The average Bonchev–Trinajstić information content (AvgIpc) is 2.35. The third-order valence-corrected chi connectivity index (χ3v) is 3.90. The molecule has 0 aliphatic carbocycles. The predicted molar refractivity (Wildman–Crippen MR) is 80.3 cm³/mol. The molecule has 0 saturated heterocycles. The van der Waals surface area contributed by atoms with E-state index in [0.717, 1.165) is 16.7 Å². The maximum Gasteiger partial charge on any atom is 0.0997 e. The molecule has 0 fully saturated rings. The molecule has 19 heavy (non-hydrogen) atoms. The largest absolute Gasteiger partial charge is 0.192 e. The summed E-state index contributed by atoms with van der Waals surface area (Å²) in [6.45, 7) is 10.5. The molecule has 0 aliphatic rings. The lowest BCUT2D eigenvalue weighted by Crippen LogP contribution is -1.92. The van der Waals surface area contributed by atoms with Crippen molar-refractivity contribution in [2.45, 2.75) is 34.6 Å². The van der Waals surface area contributed by atoms with Crippen LogP contribution in [0.15, 0.2) is 24.3 Å². The second kappa shape index (κ2) is 4.90. The van der Waals surface area contributed by atoms with E-state index in [1.807, 2.05) is 13.8 Å². The number of aryl methyl sites for hydroxylation is 4. The zero-order chi connectivity index (χ0) is 14.2. The van der Waals surface area contributed by atoms with E-state index < -0.39 is 0 Å². The van der Waals surface area contributed by atoms with Crippen molar-refractivity contribution in [3.05, 3.63) is 57.6 Å². The topological polar surface area (TPSA) is 23.8 Å². The molecule has 0 atom stereocenters. The van der Waals surface area contributed by atoms with Gasteiger partial charge in [-0.05, 0) is 73.6 Å². The smallest absolute Gasteiger partial charge is 0.0997 e. The molecule has 0 heterocycles. The Bertz CT molecular complexity index is 641. The molecule has 0 radical (unpaired) electrons. The molecule has 0 unspecified atom stereocenters. The van der Waals surface area contributed by atoms with E-state index >= 15 is 0 Å². The van der Waals surface area contributed by atoms with Crippen LogP contribution in [0.2, 0.25) is 0 Å². The summed E-state index contributed by atoms with van der Waals surface area (Å²) >= 11 is 0. The van der Waals surface area contributed by atoms with E-state index in [4.69, 9.17) is 5.26 Å². The van der Waals surface area contributed by atoms with Crippen LogP contribution < -0.4 is 0 Å². The van der Waals surface area contributed by atoms with Crippen molar-refractivity contribution in [1.82, 2.24) is 0 Å². The van der Waals surface area contributed by atoms with E-state index in [1.165, 1.54) is 27.8 Å². The number of nitriles is 1. The summed E-state index contributed by atoms with van der Waals surface area (Å²) in [4.78, 5) is 0. The van der Waals surface area contributed by atoms with E-state index in [9.17, 15) is 0 Å². The Kier molecular flexibility index (Phi) is 3.44. The Morgan fingerprint density at radius 1 is 0.684 bits per heavy atom. The molecular weight excluding hydrogens is 230 g/mol. The van der Waals surface area contributed by atoms with Crippen molar-refractivity contribution in [1.29, 1.82) is 5.26 Å². The van der Waals surface area contributed by atoms with Crippen LogP contribution >= 0.6 is 0 Å². The zero-order valence-corrected chi connectivity index (χ0v) is 12.3. The van der Waals surface area contributed by atoms with Crippen LogP contribution in [0.1, 0.15) is 33.4 Å². The standard InChI is InChI=1S/C18H19N/c1-11-6-16(7-12(2)15(11)5)17-8-13(3)18(10-19)14(4)9-17/h6-9H,1-5H3. The Morgan fingerprint density at radius 2 is 1.05 bits per heavy atom. The molecule has 1 nitrogen and oxygen atoms in total. The molecule has 2 aromatic rings. The first-order chi connectivity index (χ1) is 8.93. The van der Waals surface area contributed by atoms with Gasteiger partial charge in [0.05, 0.1) is 11.6 Å². The Labute approximate surface area is 115 Å². The summed E-state index contributed by atoms with van der Waals surface area (Å²) in [7, 11) is 0. The molecule has 0 saturated carbocycles. The molecule has 0 spiro atoms. The van der Waals surface area contributed by atoms with Crippen molar-refractivity contribution < 1.29 is 0 Å². The van der Waals surface area contributed by atoms with Crippen LogP contribution in [0.5, 0.6) is 0 Å². The summed E-state index contributed by atoms with van der Waals surface area (Å²) < 4.78 is 0. The maximum atomic E-state index is 9.14. The van der Waals surface area contributed by atoms with Crippen molar-refractivity contribution >= 4 is 0 Å². The molecule has 0 bridgehead atoms. The van der Waals surface area contributed by atoms with Gasteiger partial charge in [-0.1, -0.05) is 24.3 Å². The normalized spacial score (nSPS) is 10.3. The third-order valence-electron chi connectivity index (χ3n) is 3.90. The van der Waals surface area contributed by atoms with Gasteiger partial charge in [-0.25, -0.2) is 0 Å². The van der Waals surface area contributed by atoms with Crippen LogP contribution in [0.3, 0.4) is 0 Å². The summed E-state index contributed by atoms with van der Waals surface area (Å²) in [6, 6.07) is 10.9. The van der Waals surface area contributed by atoms with Gasteiger partial charge >= 0.3 is 0 Å². The number of rotatable bonds is 1. The summed E-state index contributed by atoms with van der Waals surface area (Å²) in [6.07, 6.45) is 0. The predicted octanol–water partition coefficient (Wildman–Crippen LogP) is 4.77. The molecule has 1 heteroatoms. The summed E-state index contributed by atoms with van der Waals surface area (Å²) in [5.74, 6) is 0. The molecule has 0 aliphatic heterocycles. The Morgan fingerprint density at radius 3 is 1.42 bits per heavy atom. The minimum Gasteiger partial charge on any atom is -0.192 e. The molecule has 0 aromatic heterocycles. The SMILES string of the molecule is Cc1cc(-c2cc(C)c(C#N)c(C)c2)cc(C)c1C. The van der Waals surface area contributed by atoms with Gasteiger partial charge in [0.2, 0.25) is 0 Å². The van der Waals surface area contributed by atoms with Crippen molar-refractivity contribution in [3.63, 3.8) is 0 Å². The number of hydrogen-bond donors (Lipinski definition) is 0. The van der Waals surface area contributed by atoms with E-state index in [-0.39, 0.29) is 0 Å². The van der Waals surface area contributed by atoms with Gasteiger partial charge in [0.25, 0.3) is 0 Å². The van der Waals surface area contributed by atoms with Crippen LogP contribution in [-0.2, 0) is 0 Å². The van der Waals surface area contributed by atoms with Gasteiger partial charge in [0, 0.05) is 0 Å². The van der Waals surface area contributed by atoms with Gasteiger partial charge in [0.1, 0.15) is 0 Å². The lowest BCUT2D eigenvalue weighted by atomic mass is 9.93. The minimum atomic E-state index is 0.796. The Hall–Kier alpha value is -2.07. The fourth-order valence-electron chi connectivity index (χ4n) is 2.51. The highest BCUT2D eigenvalue weighted by atomic mass is 14.2. The first-order valence-corrected chi connectivity index (χ1v) is 6.53. The summed E-state index contributed by atoms with van der Waals surface area (Å²) in [5.41, 5.74) is 9.30. The van der Waals surface area contributed by atoms with Gasteiger partial charge in [0.15, 0.2) is 0 Å². The lowest BCUT2D eigenvalue weighted by Gasteiger charge is -2.12. The number of nitrogens with zero attached hydrogens (tertiary/aromatic N) is 1. The van der Waals surface area contributed by atoms with Gasteiger partial charge < -0.3 is 0 Å². The minimum absolute atomic E-state index is 0.796. The molecule has 96 valence electrons. The Balaban J connectivity index is 2.64. The van der Waals surface area contributed by atoms with Gasteiger partial charge in [-0.15, -0.1) is 0 Å².